The minimum atomic E-state index is -1.13. The molecule has 0 aliphatic carbocycles. The molecule has 0 saturated carbocycles. The Morgan fingerprint density at radius 3 is 1.83 bits per heavy atom. The number of hydrogen-bond donors (Lipinski definition) is 0. The van der Waals surface area contributed by atoms with Crippen LogP contribution in [0.3, 0.4) is 0 Å². The van der Waals surface area contributed by atoms with Crippen molar-refractivity contribution in [3.8, 4) is 0 Å². The van der Waals surface area contributed by atoms with Gasteiger partial charge in [0, 0.05) is 17.8 Å². The Morgan fingerprint density at radius 2 is 1.34 bits per heavy atom. The van der Waals surface area contributed by atoms with Crippen molar-refractivity contribution in [2.45, 2.75) is 33.8 Å². The smallest absolute Gasteiger partial charge is 0.166 e. The van der Waals surface area contributed by atoms with Gasteiger partial charge in [-0.05, 0) is 48.1 Å². The standard InChI is InChI=1S/C25H31F3O/c1-15(2)14-29-22(10)21(9)23(26)13-19(7)17(5)11-12-18(6)20(8)25(28)24(27)16(3)4/h11-13,15,22H,3,5-9,14H2,1-2,4,10H3/b12-11-,23-13+,25-24-. The van der Waals surface area contributed by atoms with E-state index < -0.39 is 23.6 Å². The largest absolute Gasteiger partial charge is 0.373 e. The fraction of sp³-hybridized carbons (Fsp3) is 0.280. The molecule has 0 bridgehead atoms. The van der Waals surface area contributed by atoms with Crippen molar-refractivity contribution in [1.29, 1.82) is 0 Å². The SMILES string of the molecule is C=C(/C=C\C(=C)C(=C)/C(F)=C(/F)C(=C)C)C(=C)/C=C(/F)C(=C)C(C)OCC(C)C. The van der Waals surface area contributed by atoms with Crippen molar-refractivity contribution >= 4 is 0 Å². The summed E-state index contributed by atoms with van der Waals surface area (Å²) in [6, 6.07) is 0. The molecule has 0 heterocycles. The predicted molar refractivity (Wildman–Crippen MR) is 118 cm³/mol. The summed E-state index contributed by atoms with van der Waals surface area (Å²) in [5.74, 6) is -2.45. The first-order valence-electron chi connectivity index (χ1n) is 9.13. The van der Waals surface area contributed by atoms with Crippen LogP contribution in [0.25, 0.3) is 0 Å². The highest BCUT2D eigenvalue weighted by atomic mass is 19.2. The number of ether oxygens (including phenoxy) is 1. The molecule has 0 aromatic heterocycles. The van der Waals surface area contributed by atoms with Gasteiger partial charge < -0.3 is 4.74 Å². The monoisotopic (exact) mass is 404 g/mol. The highest BCUT2D eigenvalue weighted by molar-refractivity contribution is 5.53. The van der Waals surface area contributed by atoms with Gasteiger partial charge in [-0.1, -0.05) is 65.5 Å². The lowest BCUT2D eigenvalue weighted by atomic mass is 10.0. The Kier molecular flexibility index (Phi) is 11.0. The van der Waals surface area contributed by atoms with Crippen LogP contribution in [0.1, 0.15) is 27.7 Å². The molecule has 0 rings (SSSR count). The Labute approximate surface area is 173 Å². The third-order valence-electron chi connectivity index (χ3n) is 3.90. The summed E-state index contributed by atoms with van der Waals surface area (Å²) in [6.07, 6.45) is 3.58. The number of halogens is 3. The number of rotatable bonds is 12. The molecule has 1 atom stereocenters. The zero-order chi connectivity index (χ0) is 22.9. The second kappa shape index (κ2) is 12.1. The Balaban J connectivity index is 5.11. The topological polar surface area (TPSA) is 9.23 Å². The van der Waals surface area contributed by atoms with E-state index in [4.69, 9.17) is 4.74 Å². The summed E-state index contributed by atoms with van der Waals surface area (Å²) < 4.78 is 47.5. The predicted octanol–water partition coefficient (Wildman–Crippen LogP) is 7.96. The van der Waals surface area contributed by atoms with E-state index in [0.717, 1.165) is 0 Å². The van der Waals surface area contributed by atoms with E-state index in [-0.39, 0.29) is 22.3 Å². The van der Waals surface area contributed by atoms with Crippen LogP contribution in [-0.4, -0.2) is 12.7 Å². The van der Waals surface area contributed by atoms with Crippen molar-refractivity contribution in [2.75, 3.05) is 6.61 Å². The fourth-order valence-corrected chi connectivity index (χ4v) is 1.84. The summed E-state index contributed by atoms with van der Waals surface area (Å²) >= 11 is 0. The van der Waals surface area contributed by atoms with Crippen LogP contribution in [0.5, 0.6) is 0 Å². The Bertz CT molecular complexity index is 804. The second-order valence-electron chi connectivity index (χ2n) is 7.18. The minimum Gasteiger partial charge on any atom is -0.373 e. The average Bonchev–Trinajstić information content (AvgIpc) is 2.66. The molecule has 0 fully saturated rings. The van der Waals surface area contributed by atoms with E-state index in [1.165, 1.54) is 25.2 Å². The third kappa shape index (κ3) is 8.97. The van der Waals surface area contributed by atoms with Gasteiger partial charge in [0.05, 0.1) is 6.10 Å². The maximum atomic E-state index is 14.4. The lowest BCUT2D eigenvalue weighted by molar-refractivity contribution is 0.0693. The molecule has 0 radical (unpaired) electrons. The summed E-state index contributed by atoms with van der Waals surface area (Å²) in [4.78, 5) is 0. The second-order valence-corrected chi connectivity index (χ2v) is 7.18. The molecule has 1 unspecified atom stereocenters. The lowest BCUT2D eigenvalue weighted by Gasteiger charge is -2.16. The molecule has 0 spiro atoms. The van der Waals surface area contributed by atoms with Crippen molar-refractivity contribution < 1.29 is 17.9 Å². The molecule has 0 aromatic rings. The maximum Gasteiger partial charge on any atom is 0.166 e. The summed E-state index contributed by atoms with van der Waals surface area (Å²) in [5.41, 5.74) is 0.722. The van der Waals surface area contributed by atoms with Gasteiger partial charge >= 0.3 is 0 Å². The Hall–Kier alpha value is -2.59. The quantitative estimate of drug-likeness (QED) is 0.300. The highest BCUT2D eigenvalue weighted by Gasteiger charge is 2.14. The lowest BCUT2D eigenvalue weighted by Crippen LogP contribution is -2.15. The third-order valence-corrected chi connectivity index (χ3v) is 3.90. The molecule has 0 aliphatic heterocycles. The van der Waals surface area contributed by atoms with Crippen molar-refractivity contribution in [3.63, 3.8) is 0 Å². The molecular weight excluding hydrogens is 373 g/mol. The van der Waals surface area contributed by atoms with Crippen LogP contribution in [0.15, 0.2) is 109 Å². The van der Waals surface area contributed by atoms with E-state index in [1.54, 1.807) is 6.92 Å². The van der Waals surface area contributed by atoms with Crippen LogP contribution < -0.4 is 0 Å². The van der Waals surface area contributed by atoms with Gasteiger partial charge in [0.25, 0.3) is 0 Å². The number of hydrogen-bond acceptors (Lipinski definition) is 1. The normalized spacial score (nSPS) is 13.9. The average molecular weight is 405 g/mol. The van der Waals surface area contributed by atoms with Gasteiger partial charge in [-0.2, -0.15) is 0 Å². The molecule has 4 heteroatoms. The van der Waals surface area contributed by atoms with E-state index in [2.05, 4.69) is 39.5 Å². The summed E-state index contributed by atoms with van der Waals surface area (Å²) in [6.45, 7) is 29.3. The molecule has 158 valence electrons. The first-order valence-corrected chi connectivity index (χ1v) is 9.13. The maximum absolute atomic E-state index is 14.4. The van der Waals surface area contributed by atoms with Gasteiger partial charge in [-0.3, -0.25) is 0 Å². The van der Waals surface area contributed by atoms with E-state index in [9.17, 15) is 13.2 Å². The van der Waals surface area contributed by atoms with Crippen LogP contribution >= 0.6 is 0 Å². The highest BCUT2D eigenvalue weighted by Crippen LogP contribution is 2.27. The molecule has 0 aromatic carbocycles. The first-order chi connectivity index (χ1) is 13.3. The van der Waals surface area contributed by atoms with Crippen LogP contribution in [0.4, 0.5) is 13.2 Å². The fourth-order valence-electron chi connectivity index (χ4n) is 1.84. The minimum absolute atomic E-state index is 0.0503. The van der Waals surface area contributed by atoms with Crippen molar-refractivity contribution in [1.82, 2.24) is 0 Å². The van der Waals surface area contributed by atoms with Crippen LogP contribution in [0.2, 0.25) is 0 Å². The zero-order valence-electron chi connectivity index (χ0n) is 17.9. The molecular formula is C25H31F3O. The van der Waals surface area contributed by atoms with Gasteiger partial charge in [0.15, 0.2) is 11.7 Å². The molecule has 0 N–H and O–H groups in total. The van der Waals surface area contributed by atoms with E-state index >= 15 is 0 Å². The first kappa shape index (κ1) is 26.4. The molecule has 0 saturated heterocycles. The van der Waals surface area contributed by atoms with Crippen molar-refractivity contribution in [2.24, 2.45) is 5.92 Å². The van der Waals surface area contributed by atoms with Gasteiger partial charge in [0.2, 0.25) is 0 Å². The van der Waals surface area contributed by atoms with Crippen LogP contribution in [-0.2, 0) is 4.74 Å². The van der Waals surface area contributed by atoms with Gasteiger partial charge in [-0.25, -0.2) is 13.2 Å². The van der Waals surface area contributed by atoms with Gasteiger partial charge in [0.1, 0.15) is 5.83 Å². The van der Waals surface area contributed by atoms with Gasteiger partial charge in [-0.15, -0.1) is 0 Å². The number of allylic oxidation sites excluding steroid dienone is 10. The molecule has 1 nitrogen and oxygen atoms in total. The molecule has 0 aliphatic rings. The summed E-state index contributed by atoms with van der Waals surface area (Å²) in [5, 5.41) is 0. The van der Waals surface area contributed by atoms with Crippen molar-refractivity contribution in [3.05, 3.63) is 109 Å². The van der Waals surface area contributed by atoms with E-state index in [0.29, 0.717) is 23.7 Å². The summed E-state index contributed by atoms with van der Waals surface area (Å²) in [7, 11) is 0. The zero-order valence-corrected chi connectivity index (χ0v) is 17.9. The molecule has 0 amide bonds. The van der Waals surface area contributed by atoms with Crippen LogP contribution in [0, 0.1) is 5.92 Å². The Morgan fingerprint density at radius 1 is 0.828 bits per heavy atom. The molecule has 29 heavy (non-hydrogen) atoms. The van der Waals surface area contributed by atoms with E-state index in [1.807, 2.05) is 13.8 Å².